The van der Waals surface area contributed by atoms with Crippen LogP contribution < -0.4 is 27.4 Å². The van der Waals surface area contributed by atoms with Crippen LogP contribution in [-0.2, 0) is 41.6 Å². The summed E-state index contributed by atoms with van der Waals surface area (Å²) in [5, 5.41) is 35.0. The number of hydrogen-bond acceptors (Lipinski definition) is 9. The fourth-order valence-electron chi connectivity index (χ4n) is 3.55. The van der Waals surface area contributed by atoms with Gasteiger partial charge in [0.25, 0.3) is 0 Å². The summed E-state index contributed by atoms with van der Waals surface area (Å²) in [7, 11) is 0. The maximum absolute atomic E-state index is 13.2. The van der Waals surface area contributed by atoms with Gasteiger partial charge < -0.3 is 47.7 Å². The molecule has 16 heteroatoms. The summed E-state index contributed by atoms with van der Waals surface area (Å²) in [6.45, 7) is 0. The topological polar surface area (TPSA) is 280 Å². The highest BCUT2D eigenvalue weighted by Crippen LogP contribution is 2.12. The minimum atomic E-state index is -1.50. The van der Waals surface area contributed by atoms with Gasteiger partial charge in [-0.05, 0) is 24.1 Å². The van der Waals surface area contributed by atoms with Crippen LogP contribution >= 0.6 is 0 Å². The van der Waals surface area contributed by atoms with Gasteiger partial charge in [0.2, 0.25) is 23.6 Å². The van der Waals surface area contributed by atoms with Crippen molar-refractivity contribution in [1.82, 2.24) is 25.9 Å². The number of carboxylic acid groups (broad SMARTS) is 2. The maximum atomic E-state index is 13.2. The summed E-state index contributed by atoms with van der Waals surface area (Å²) in [4.78, 5) is 79.4. The Labute approximate surface area is 227 Å². The second-order valence-electron chi connectivity index (χ2n) is 8.88. The lowest BCUT2D eigenvalue weighted by Crippen LogP contribution is -2.58. The van der Waals surface area contributed by atoms with Crippen LogP contribution in [0.4, 0.5) is 0 Å². The van der Waals surface area contributed by atoms with E-state index in [0.717, 1.165) is 0 Å². The van der Waals surface area contributed by atoms with Crippen LogP contribution in [0.25, 0.3) is 0 Å². The number of carboxylic acids is 2. The lowest BCUT2D eigenvalue weighted by Gasteiger charge is -2.25. The molecule has 0 spiro atoms. The lowest BCUT2D eigenvalue weighted by atomic mass is 10.0. The summed E-state index contributed by atoms with van der Waals surface area (Å²) >= 11 is 0. The van der Waals surface area contributed by atoms with Gasteiger partial charge in [-0.1, -0.05) is 12.1 Å². The number of rotatable bonds is 16. The number of aromatic hydroxyl groups is 1. The first kappa shape index (κ1) is 31.2. The molecule has 0 fully saturated rings. The Kier molecular flexibility index (Phi) is 11.6. The summed E-state index contributed by atoms with van der Waals surface area (Å²) in [5.74, 6) is -6.30. The molecule has 0 saturated carbocycles. The molecule has 16 nitrogen and oxygen atoms in total. The van der Waals surface area contributed by atoms with Gasteiger partial charge in [-0.3, -0.25) is 24.0 Å². The van der Waals surface area contributed by atoms with E-state index in [1.807, 2.05) is 0 Å². The Balaban J connectivity index is 2.23. The van der Waals surface area contributed by atoms with Crippen LogP contribution in [0.1, 0.15) is 30.5 Å². The van der Waals surface area contributed by atoms with Gasteiger partial charge in [0.05, 0.1) is 18.8 Å². The predicted octanol–water partition coefficient (Wildman–Crippen LogP) is -2.49. The number of phenols is 1. The second-order valence-corrected chi connectivity index (χ2v) is 8.88. The van der Waals surface area contributed by atoms with Crippen molar-refractivity contribution in [2.45, 2.75) is 56.3 Å². The number of carbonyl (C=O) groups excluding carboxylic acids is 4. The third-order valence-corrected chi connectivity index (χ3v) is 5.65. The largest absolute Gasteiger partial charge is 0.508 e. The van der Waals surface area contributed by atoms with Crippen molar-refractivity contribution in [2.75, 3.05) is 0 Å². The van der Waals surface area contributed by atoms with Crippen molar-refractivity contribution >= 4 is 35.6 Å². The van der Waals surface area contributed by atoms with E-state index in [-0.39, 0.29) is 31.4 Å². The highest BCUT2D eigenvalue weighted by Gasteiger charge is 2.31. The van der Waals surface area contributed by atoms with Gasteiger partial charge in [0, 0.05) is 31.2 Å². The standard InChI is InChI=1S/C24H31N7O9/c25-15(9-20(34)35)21(36)29-16(5-6-19(26)33)22(37)30-17(8-13-10-27-11-28-13)23(38)31-18(24(39)40)7-12-1-3-14(32)4-2-12/h1-4,10-11,15-18,32H,5-9,25H2,(H2,26,33)(H,27,28)(H,29,36)(H,30,37)(H,31,38)(H,34,35)(H,39,40). The molecule has 1 aromatic heterocycles. The number of hydrogen-bond donors (Lipinski definition) is 9. The fourth-order valence-corrected chi connectivity index (χ4v) is 3.55. The molecule has 0 aliphatic heterocycles. The predicted molar refractivity (Wildman–Crippen MR) is 136 cm³/mol. The molecule has 2 aromatic rings. The smallest absolute Gasteiger partial charge is 0.326 e. The number of nitrogens with two attached hydrogens (primary N) is 2. The normalized spacial score (nSPS) is 13.7. The molecule has 4 atom stereocenters. The Morgan fingerprint density at radius 1 is 0.875 bits per heavy atom. The number of aromatic nitrogens is 2. The number of carbonyl (C=O) groups is 6. The molecule has 0 radical (unpaired) electrons. The molecule has 4 unspecified atom stereocenters. The summed E-state index contributed by atoms with van der Waals surface area (Å²) in [5.41, 5.74) is 11.6. The van der Waals surface area contributed by atoms with E-state index < -0.39 is 66.2 Å². The van der Waals surface area contributed by atoms with Gasteiger partial charge in [-0.25, -0.2) is 9.78 Å². The first-order chi connectivity index (χ1) is 18.8. The van der Waals surface area contributed by atoms with E-state index in [0.29, 0.717) is 11.3 Å². The van der Waals surface area contributed by atoms with Gasteiger partial charge in [0.15, 0.2) is 0 Å². The maximum Gasteiger partial charge on any atom is 0.326 e. The number of nitrogens with zero attached hydrogens (tertiary/aromatic N) is 1. The zero-order valence-corrected chi connectivity index (χ0v) is 21.2. The average molecular weight is 562 g/mol. The quantitative estimate of drug-likeness (QED) is 0.103. The Morgan fingerprint density at radius 2 is 1.48 bits per heavy atom. The number of benzene rings is 1. The molecule has 1 heterocycles. The summed E-state index contributed by atoms with van der Waals surface area (Å²) < 4.78 is 0. The van der Waals surface area contributed by atoms with Gasteiger partial charge in [-0.2, -0.15) is 0 Å². The van der Waals surface area contributed by atoms with Crippen LogP contribution in [0.3, 0.4) is 0 Å². The monoisotopic (exact) mass is 561 g/mol. The van der Waals surface area contributed by atoms with Gasteiger partial charge >= 0.3 is 11.9 Å². The van der Waals surface area contributed by atoms with Crippen molar-refractivity contribution in [3.8, 4) is 5.75 Å². The van der Waals surface area contributed by atoms with Crippen LogP contribution in [0, 0.1) is 0 Å². The van der Waals surface area contributed by atoms with E-state index in [9.17, 15) is 39.0 Å². The number of phenolic OH excluding ortho intramolecular Hbond substituents is 1. The molecule has 216 valence electrons. The molecule has 0 saturated heterocycles. The molecule has 4 amide bonds. The number of nitrogens with one attached hydrogen (secondary N) is 4. The van der Waals surface area contributed by atoms with E-state index in [2.05, 4.69) is 25.9 Å². The van der Waals surface area contributed by atoms with Gasteiger partial charge in [-0.15, -0.1) is 0 Å². The summed E-state index contributed by atoms with van der Waals surface area (Å²) in [6, 6.07) is 0.00395. The minimum absolute atomic E-state index is 0.0242. The second kappa shape index (κ2) is 14.8. The molecule has 0 aliphatic rings. The Bertz CT molecular complexity index is 1200. The fraction of sp³-hybridized carbons (Fsp3) is 0.375. The lowest BCUT2D eigenvalue weighted by molar-refractivity contribution is -0.142. The number of aliphatic carboxylic acids is 2. The molecule has 0 bridgehead atoms. The van der Waals surface area contributed by atoms with Crippen molar-refractivity contribution in [1.29, 1.82) is 0 Å². The van der Waals surface area contributed by atoms with Crippen molar-refractivity contribution in [3.63, 3.8) is 0 Å². The Hall–Kier alpha value is -4.99. The van der Waals surface area contributed by atoms with E-state index >= 15 is 0 Å². The van der Waals surface area contributed by atoms with E-state index in [1.54, 1.807) is 0 Å². The van der Waals surface area contributed by atoms with Crippen LogP contribution in [0.2, 0.25) is 0 Å². The number of imidazole rings is 1. The molecule has 1 aromatic carbocycles. The van der Waals surface area contributed by atoms with Gasteiger partial charge in [0.1, 0.15) is 23.9 Å². The first-order valence-electron chi connectivity index (χ1n) is 12.0. The van der Waals surface area contributed by atoms with Crippen molar-refractivity contribution < 1.29 is 44.1 Å². The zero-order chi connectivity index (χ0) is 29.8. The molecule has 2 rings (SSSR count). The highest BCUT2D eigenvalue weighted by molar-refractivity contribution is 5.95. The molecular formula is C24H31N7O9. The minimum Gasteiger partial charge on any atom is -0.508 e. The van der Waals surface area contributed by atoms with Crippen LogP contribution in [0.5, 0.6) is 5.75 Å². The molecule has 0 aliphatic carbocycles. The Morgan fingerprint density at radius 3 is 2.02 bits per heavy atom. The molecular weight excluding hydrogens is 530 g/mol. The highest BCUT2D eigenvalue weighted by atomic mass is 16.4. The average Bonchev–Trinajstić information content (AvgIpc) is 3.39. The molecule has 40 heavy (non-hydrogen) atoms. The third kappa shape index (κ3) is 10.4. The zero-order valence-electron chi connectivity index (χ0n) is 21.2. The first-order valence-corrected chi connectivity index (χ1v) is 12.0. The SMILES string of the molecule is NC(=O)CCC(NC(=O)C(N)CC(=O)O)C(=O)NC(Cc1cnc[nH]1)C(=O)NC(Cc1ccc(O)cc1)C(=O)O. The number of aromatic amines is 1. The van der Waals surface area contributed by atoms with Crippen LogP contribution in [-0.4, -0.2) is 85.0 Å². The van der Waals surface area contributed by atoms with Crippen LogP contribution in [0.15, 0.2) is 36.8 Å². The van der Waals surface area contributed by atoms with E-state index in [1.165, 1.54) is 36.8 Å². The van der Waals surface area contributed by atoms with E-state index in [4.69, 9.17) is 16.6 Å². The number of H-pyrrole nitrogens is 1. The van der Waals surface area contributed by atoms with Crippen molar-refractivity contribution in [2.24, 2.45) is 11.5 Å². The van der Waals surface area contributed by atoms with Crippen molar-refractivity contribution in [3.05, 3.63) is 48.0 Å². The molecule has 11 N–H and O–H groups in total. The third-order valence-electron chi connectivity index (χ3n) is 5.65. The summed E-state index contributed by atoms with van der Waals surface area (Å²) in [6.07, 6.45) is 1.08. The number of primary amides is 1. The number of amides is 4.